The van der Waals surface area contributed by atoms with Crippen molar-refractivity contribution in [2.45, 2.75) is 20.8 Å². The lowest BCUT2D eigenvalue weighted by atomic mass is 10.2. The first-order valence-corrected chi connectivity index (χ1v) is 8.45. The minimum absolute atomic E-state index is 0.0872. The van der Waals surface area contributed by atoms with Crippen LogP contribution in [0.5, 0.6) is 5.75 Å². The Balaban J connectivity index is 2.11. The molecule has 0 fully saturated rings. The number of amides is 1. The first-order valence-electron chi connectivity index (χ1n) is 7.64. The molecule has 1 aromatic carbocycles. The van der Waals surface area contributed by atoms with Crippen molar-refractivity contribution >= 4 is 23.2 Å². The Hall–Kier alpha value is -2.41. The first kappa shape index (κ1) is 17.9. The van der Waals surface area contributed by atoms with Gasteiger partial charge in [-0.3, -0.25) is 9.59 Å². The van der Waals surface area contributed by atoms with Crippen molar-refractivity contribution in [2.24, 2.45) is 5.92 Å². The van der Waals surface area contributed by atoms with Crippen LogP contribution in [0, 0.1) is 12.8 Å². The van der Waals surface area contributed by atoms with Gasteiger partial charge in [-0.15, -0.1) is 11.3 Å². The molecule has 0 bridgehead atoms. The molecule has 0 aliphatic rings. The van der Waals surface area contributed by atoms with Crippen molar-refractivity contribution in [2.75, 3.05) is 13.2 Å². The average molecular weight is 348 g/mol. The van der Waals surface area contributed by atoms with E-state index in [9.17, 15) is 9.59 Å². The minimum atomic E-state index is -0.939. The smallest absolute Gasteiger partial charge is 0.308 e. The van der Waals surface area contributed by atoms with E-state index in [1.165, 1.54) is 11.3 Å². The number of aryl methyl sites for hydroxylation is 1. The number of aliphatic carboxylic acids is 1. The molecule has 0 aliphatic carbocycles. The summed E-state index contributed by atoms with van der Waals surface area (Å²) in [6.07, 6.45) is 0. The van der Waals surface area contributed by atoms with Gasteiger partial charge in [-0.05, 0) is 38.1 Å². The van der Waals surface area contributed by atoms with E-state index in [0.717, 1.165) is 16.3 Å². The van der Waals surface area contributed by atoms with E-state index in [1.807, 2.05) is 31.2 Å². The summed E-state index contributed by atoms with van der Waals surface area (Å²) in [6, 6.07) is 7.53. The highest BCUT2D eigenvalue weighted by Crippen LogP contribution is 2.29. The first-order chi connectivity index (χ1) is 11.4. The fourth-order valence-electron chi connectivity index (χ4n) is 2.00. The highest BCUT2D eigenvalue weighted by molar-refractivity contribution is 7.17. The number of carbonyl (C=O) groups excluding carboxylic acids is 1. The molecule has 128 valence electrons. The van der Waals surface area contributed by atoms with Crippen molar-refractivity contribution in [3.63, 3.8) is 0 Å². The standard InChI is InChI=1S/C17H20N2O4S/c1-4-23-13-7-5-12(6-8-13)16-19-11(3)14(24-16)15(20)18-9-10(2)17(21)22/h5-8,10H,4,9H2,1-3H3,(H,18,20)(H,21,22). The van der Waals surface area contributed by atoms with Gasteiger partial charge >= 0.3 is 5.97 Å². The van der Waals surface area contributed by atoms with Crippen LogP contribution in [0.25, 0.3) is 10.6 Å². The predicted molar refractivity (Wildman–Crippen MR) is 92.6 cm³/mol. The number of carboxylic acids is 1. The van der Waals surface area contributed by atoms with Crippen molar-refractivity contribution in [1.29, 1.82) is 0 Å². The lowest BCUT2D eigenvalue weighted by Crippen LogP contribution is -2.31. The Labute approximate surface area is 144 Å². The SMILES string of the molecule is CCOc1ccc(-c2nc(C)c(C(=O)NCC(C)C(=O)O)s2)cc1. The van der Waals surface area contributed by atoms with E-state index >= 15 is 0 Å². The molecule has 7 heteroatoms. The fourth-order valence-corrected chi connectivity index (χ4v) is 2.99. The molecule has 0 saturated carbocycles. The van der Waals surface area contributed by atoms with E-state index in [-0.39, 0.29) is 12.5 Å². The predicted octanol–water partition coefficient (Wildman–Crippen LogP) is 2.97. The van der Waals surface area contributed by atoms with E-state index in [4.69, 9.17) is 9.84 Å². The summed E-state index contributed by atoms with van der Waals surface area (Å²) in [5.74, 6) is -1.08. The summed E-state index contributed by atoms with van der Waals surface area (Å²) in [5.41, 5.74) is 1.54. The van der Waals surface area contributed by atoms with Gasteiger partial charge < -0.3 is 15.2 Å². The van der Waals surface area contributed by atoms with Crippen LogP contribution in [0.3, 0.4) is 0 Å². The Morgan fingerprint density at radius 1 is 1.33 bits per heavy atom. The molecule has 1 unspecified atom stereocenters. The topological polar surface area (TPSA) is 88.5 Å². The molecule has 0 aliphatic heterocycles. The third kappa shape index (κ3) is 4.32. The number of carbonyl (C=O) groups is 2. The van der Waals surface area contributed by atoms with E-state index in [2.05, 4.69) is 10.3 Å². The van der Waals surface area contributed by atoms with Crippen LogP contribution in [0.4, 0.5) is 0 Å². The molecule has 2 aromatic rings. The highest BCUT2D eigenvalue weighted by Gasteiger charge is 2.18. The largest absolute Gasteiger partial charge is 0.494 e. The lowest BCUT2D eigenvalue weighted by Gasteiger charge is -2.07. The number of thiazole rings is 1. The number of nitrogens with zero attached hydrogens (tertiary/aromatic N) is 1. The number of ether oxygens (including phenoxy) is 1. The van der Waals surface area contributed by atoms with Crippen LogP contribution in [-0.4, -0.2) is 35.1 Å². The average Bonchev–Trinajstić information content (AvgIpc) is 2.95. The molecule has 2 N–H and O–H groups in total. The van der Waals surface area contributed by atoms with Crippen molar-refractivity contribution < 1.29 is 19.4 Å². The molecule has 1 amide bonds. The number of carboxylic acid groups (broad SMARTS) is 1. The van der Waals surface area contributed by atoms with Crippen molar-refractivity contribution in [3.8, 4) is 16.3 Å². The Morgan fingerprint density at radius 2 is 2.00 bits per heavy atom. The Bertz CT molecular complexity index is 725. The van der Waals surface area contributed by atoms with Gasteiger partial charge in [0.25, 0.3) is 5.91 Å². The molecular weight excluding hydrogens is 328 g/mol. The molecule has 24 heavy (non-hydrogen) atoms. The summed E-state index contributed by atoms with van der Waals surface area (Å²) >= 11 is 1.29. The maximum absolute atomic E-state index is 12.2. The van der Waals surface area contributed by atoms with Crippen LogP contribution < -0.4 is 10.1 Å². The van der Waals surface area contributed by atoms with E-state index < -0.39 is 11.9 Å². The Kier molecular flexibility index (Phi) is 5.92. The zero-order valence-corrected chi connectivity index (χ0v) is 14.6. The zero-order valence-electron chi connectivity index (χ0n) is 13.8. The van der Waals surface area contributed by atoms with Crippen molar-refractivity contribution in [3.05, 3.63) is 34.8 Å². The van der Waals surface area contributed by atoms with Crippen LogP contribution in [0.1, 0.15) is 29.2 Å². The molecule has 0 saturated heterocycles. The van der Waals surface area contributed by atoms with E-state index in [1.54, 1.807) is 13.8 Å². The molecule has 1 heterocycles. The molecule has 1 atom stereocenters. The fraction of sp³-hybridized carbons (Fsp3) is 0.353. The maximum Gasteiger partial charge on any atom is 0.308 e. The third-order valence-corrected chi connectivity index (χ3v) is 4.61. The van der Waals surface area contributed by atoms with Gasteiger partial charge in [-0.1, -0.05) is 6.92 Å². The lowest BCUT2D eigenvalue weighted by molar-refractivity contribution is -0.140. The summed E-state index contributed by atoms with van der Waals surface area (Å²) in [5, 5.41) is 12.2. The Morgan fingerprint density at radius 3 is 2.58 bits per heavy atom. The molecular formula is C17H20N2O4S. The summed E-state index contributed by atoms with van der Waals surface area (Å²) in [4.78, 5) is 28.0. The highest BCUT2D eigenvalue weighted by atomic mass is 32.1. The van der Waals surface area contributed by atoms with E-state index in [0.29, 0.717) is 17.2 Å². The third-order valence-electron chi connectivity index (χ3n) is 3.41. The van der Waals surface area contributed by atoms with Crippen LogP contribution in [0.15, 0.2) is 24.3 Å². The molecule has 0 spiro atoms. The second-order valence-electron chi connectivity index (χ2n) is 5.34. The van der Waals surface area contributed by atoms with Gasteiger partial charge in [0.05, 0.1) is 18.2 Å². The number of hydrogen-bond acceptors (Lipinski definition) is 5. The van der Waals surface area contributed by atoms with Gasteiger partial charge in [0.15, 0.2) is 0 Å². The van der Waals surface area contributed by atoms with Crippen LogP contribution in [0.2, 0.25) is 0 Å². The van der Waals surface area contributed by atoms with Gasteiger partial charge in [-0.2, -0.15) is 0 Å². The summed E-state index contributed by atoms with van der Waals surface area (Å²) in [6.45, 7) is 5.94. The normalized spacial score (nSPS) is 11.8. The maximum atomic E-state index is 12.2. The zero-order chi connectivity index (χ0) is 17.7. The number of aromatic nitrogens is 1. The molecule has 2 rings (SSSR count). The quantitative estimate of drug-likeness (QED) is 0.803. The minimum Gasteiger partial charge on any atom is -0.494 e. The van der Waals surface area contributed by atoms with Gasteiger partial charge in [-0.25, -0.2) is 4.98 Å². The van der Waals surface area contributed by atoms with Crippen molar-refractivity contribution in [1.82, 2.24) is 10.3 Å². The van der Waals surface area contributed by atoms with Gasteiger partial charge in [0.2, 0.25) is 0 Å². The van der Waals surface area contributed by atoms with Crippen LogP contribution in [-0.2, 0) is 4.79 Å². The monoisotopic (exact) mass is 348 g/mol. The van der Waals surface area contributed by atoms with Crippen LogP contribution >= 0.6 is 11.3 Å². The molecule has 1 aromatic heterocycles. The summed E-state index contributed by atoms with van der Waals surface area (Å²) in [7, 11) is 0. The number of hydrogen-bond donors (Lipinski definition) is 2. The number of nitrogens with one attached hydrogen (secondary N) is 1. The van der Waals surface area contributed by atoms with Gasteiger partial charge in [0, 0.05) is 12.1 Å². The number of benzene rings is 1. The molecule has 6 nitrogen and oxygen atoms in total. The second-order valence-corrected chi connectivity index (χ2v) is 6.34. The number of rotatable bonds is 7. The summed E-state index contributed by atoms with van der Waals surface area (Å²) < 4.78 is 5.41. The molecule has 0 radical (unpaired) electrons. The second kappa shape index (κ2) is 7.92. The van der Waals surface area contributed by atoms with Gasteiger partial charge in [0.1, 0.15) is 15.6 Å².